The summed E-state index contributed by atoms with van der Waals surface area (Å²) >= 11 is 0. The first kappa shape index (κ1) is 15.7. The van der Waals surface area contributed by atoms with Gasteiger partial charge in [-0.2, -0.15) is 4.57 Å². The van der Waals surface area contributed by atoms with Crippen molar-refractivity contribution >= 4 is 17.3 Å². The summed E-state index contributed by atoms with van der Waals surface area (Å²) in [5.74, 6) is -0.0554. The zero-order valence-electron chi connectivity index (χ0n) is 13.4. The van der Waals surface area contributed by atoms with Crippen molar-refractivity contribution in [3.05, 3.63) is 90.8 Å². The molecule has 4 heteroatoms. The van der Waals surface area contributed by atoms with Gasteiger partial charge in [-0.25, -0.2) is 0 Å². The van der Waals surface area contributed by atoms with Gasteiger partial charge < -0.3 is 10.6 Å². The van der Waals surface area contributed by atoms with Gasteiger partial charge in [0.15, 0.2) is 12.4 Å². The maximum absolute atomic E-state index is 12.2. The molecule has 0 atom stereocenters. The van der Waals surface area contributed by atoms with Crippen LogP contribution in [0.2, 0.25) is 0 Å². The van der Waals surface area contributed by atoms with Gasteiger partial charge in [-0.1, -0.05) is 48.5 Å². The monoisotopic (exact) mass is 318 g/mol. The largest absolute Gasteiger partial charge is 0.379 e. The van der Waals surface area contributed by atoms with Crippen molar-refractivity contribution in [3.8, 4) is 0 Å². The number of aromatic nitrogens is 1. The van der Waals surface area contributed by atoms with E-state index >= 15 is 0 Å². The van der Waals surface area contributed by atoms with E-state index in [1.54, 1.807) is 0 Å². The summed E-state index contributed by atoms with van der Waals surface area (Å²) in [6, 6.07) is 23.6. The third-order valence-electron chi connectivity index (χ3n) is 3.63. The molecule has 0 aliphatic heterocycles. The Morgan fingerprint density at radius 2 is 1.42 bits per heavy atom. The van der Waals surface area contributed by atoms with Gasteiger partial charge in [-0.3, -0.25) is 4.79 Å². The van der Waals surface area contributed by atoms with Crippen LogP contribution >= 0.6 is 0 Å². The summed E-state index contributed by atoms with van der Waals surface area (Å²) in [4.78, 5) is 12.2. The molecule has 2 aromatic carbocycles. The number of pyridine rings is 1. The molecule has 0 aliphatic rings. The van der Waals surface area contributed by atoms with Crippen LogP contribution < -0.4 is 15.2 Å². The molecule has 120 valence electrons. The number of amides is 1. The smallest absolute Gasteiger partial charge is 0.290 e. The summed E-state index contributed by atoms with van der Waals surface area (Å²) in [5, 5.41) is 6.35. The normalized spacial score (nSPS) is 10.2. The Morgan fingerprint density at radius 1 is 0.792 bits per heavy atom. The van der Waals surface area contributed by atoms with E-state index in [1.165, 1.54) is 5.56 Å². The van der Waals surface area contributed by atoms with Gasteiger partial charge in [0.2, 0.25) is 6.54 Å². The first-order valence-corrected chi connectivity index (χ1v) is 7.92. The fourth-order valence-corrected chi connectivity index (χ4v) is 2.43. The van der Waals surface area contributed by atoms with E-state index in [-0.39, 0.29) is 12.5 Å². The summed E-state index contributed by atoms with van der Waals surface area (Å²) in [6.07, 6.45) is 3.75. The number of hydrogen-bond acceptors (Lipinski definition) is 2. The van der Waals surface area contributed by atoms with Crippen LogP contribution in [0.15, 0.2) is 85.2 Å². The molecule has 0 spiro atoms. The number of rotatable bonds is 6. The van der Waals surface area contributed by atoms with Crippen LogP contribution in [0.3, 0.4) is 0 Å². The highest BCUT2D eigenvalue weighted by molar-refractivity contribution is 5.93. The summed E-state index contributed by atoms with van der Waals surface area (Å²) in [5.41, 5.74) is 2.89. The SMILES string of the molecule is O=C(C[n+]1ccccc1)Nc1ccccc1NCc1ccccc1. The van der Waals surface area contributed by atoms with Crippen molar-refractivity contribution in [3.63, 3.8) is 0 Å². The van der Waals surface area contributed by atoms with Gasteiger partial charge in [-0.05, 0) is 17.7 Å². The number of nitrogens with zero attached hydrogens (tertiary/aromatic N) is 1. The Labute approximate surface area is 141 Å². The first-order valence-electron chi connectivity index (χ1n) is 7.92. The van der Waals surface area contributed by atoms with Crippen LogP contribution in [-0.4, -0.2) is 5.91 Å². The Balaban J connectivity index is 1.64. The van der Waals surface area contributed by atoms with E-state index in [0.717, 1.165) is 11.4 Å². The minimum atomic E-state index is -0.0554. The van der Waals surface area contributed by atoms with Crippen LogP contribution in [0.25, 0.3) is 0 Å². The highest BCUT2D eigenvalue weighted by Crippen LogP contribution is 2.21. The molecule has 4 nitrogen and oxygen atoms in total. The molecule has 24 heavy (non-hydrogen) atoms. The molecule has 0 fully saturated rings. The van der Waals surface area contributed by atoms with Gasteiger partial charge in [0.05, 0.1) is 11.4 Å². The number of benzene rings is 2. The van der Waals surface area contributed by atoms with Crippen LogP contribution in [0.5, 0.6) is 0 Å². The van der Waals surface area contributed by atoms with E-state index < -0.39 is 0 Å². The molecule has 0 aliphatic carbocycles. The van der Waals surface area contributed by atoms with Crippen molar-refractivity contribution < 1.29 is 9.36 Å². The second-order valence-electron chi connectivity index (χ2n) is 5.48. The number of para-hydroxylation sites is 2. The molecule has 3 rings (SSSR count). The number of anilines is 2. The van der Waals surface area contributed by atoms with Crippen LogP contribution in [0.1, 0.15) is 5.56 Å². The van der Waals surface area contributed by atoms with Crippen LogP contribution in [0, 0.1) is 0 Å². The van der Waals surface area contributed by atoms with E-state index in [0.29, 0.717) is 6.54 Å². The molecular formula is C20H20N3O+. The maximum atomic E-state index is 12.2. The second kappa shape index (κ2) is 7.92. The van der Waals surface area contributed by atoms with Crippen molar-refractivity contribution in [1.29, 1.82) is 0 Å². The standard InChI is InChI=1S/C20H19N3O/c24-20(16-23-13-7-2-8-14-23)22-19-12-6-5-11-18(19)21-15-17-9-3-1-4-10-17/h1-14,21H,15-16H2/p+1. The van der Waals surface area contributed by atoms with E-state index in [1.807, 2.05) is 77.6 Å². The molecule has 2 N–H and O–H groups in total. The highest BCUT2D eigenvalue weighted by atomic mass is 16.1. The lowest BCUT2D eigenvalue weighted by Gasteiger charge is -2.12. The van der Waals surface area contributed by atoms with E-state index in [4.69, 9.17) is 0 Å². The van der Waals surface area contributed by atoms with Crippen molar-refractivity contribution in [2.45, 2.75) is 13.1 Å². The third kappa shape index (κ3) is 4.43. The minimum absolute atomic E-state index is 0.0554. The fourth-order valence-electron chi connectivity index (χ4n) is 2.43. The number of carbonyl (C=O) groups is 1. The summed E-state index contributed by atoms with van der Waals surface area (Å²) < 4.78 is 1.84. The number of carbonyl (C=O) groups excluding carboxylic acids is 1. The summed E-state index contributed by atoms with van der Waals surface area (Å²) in [7, 11) is 0. The lowest BCUT2D eigenvalue weighted by molar-refractivity contribution is -0.684. The number of hydrogen-bond donors (Lipinski definition) is 2. The first-order chi connectivity index (χ1) is 11.8. The Bertz CT molecular complexity index is 788. The van der Waals surface area contributed by atoms with Gasteiger partial charge in [0.1, 0.15) is 0 Å². The molecular weight excluding hydrogens is 298 g/mol. The Hall–Kier alpha value is -3.14. The van der Waals surface area contributed by atoms with Crippen molar-refractivity contribution in [2.75, 3.05) is 10.6 Å². The van der Waals surface area contributed by atoms with E-state index in [2.05, 4.69) is 22.8 Å². The van der Waals surface area contributed by atoms with Crippen molar-refractivity contribution in [1.82, 2.24) is 0 Å². The minimum Gasteiger partial charge on any atom is -0.379 e. The highest BCUT2D eigenvalue weighted by Gasteiger charge is 2.11. The van der Waals surface area contributed by atoms with Crippen molar-refractivity contribution in [2.24, 2.45) is 0 Å². The third-order valence-corrected chi connectivity index (χ3v) is 3.63. The maximum Gasteiger partial charge on any atom is 0.290 e. The van der Waals surface area contributed by atoms with Crippen LogP contribution in [0.4, 0.5) is 11.4 Å². The molecule has 3 aromatic rings. The Kier molecular flexibility index (Phi) is 5.20. The molecule has 0 saturated heterocycles. The average Bonchev–Trinajstić information content (AvgIpc) is 2.63. The average molecular weight is 318 g/mol. The zero-order chi connectivity index (χ0) is 16.6. The van der Waals surface area contributed by atoms with Gasteiger partial charge >= 0.3 is 0 Å². The van der Waals surface area contributed by atoms with Crippen LogP contribution in [-0.2, 0) is 17.9 Å². The zero-order valence-corrected chi connectivity index (χ0v) is 13.4. The van der Waals surface area contributed by atoms with Gasteiger partial charge in [-0.15, -0.1) is 0 Å². The fraction of sp³-hybridized carbons (Fsp3) is 0.100. The molecule has 0 bridgehead atoms. The lowest BCUT2D eigenvalue weighted by Crippen LogP contribution is -2.39. The second-order valence-corrected chi connectivity index (χ2v) is 5.48. The molecule has 1 heterocycles. The number of nitrogens with one attached hydrogen (secondary N) is 2. The van der Waals surface area contributed by atoms with Gasteiger partial charge in [0, 0.05) is 18.7 Å². The van der Waals surface area contributed by atoms with E-state index in [9.17, 15) is 4.79 Å². The lowest BCUT2D eigenvalue weighted by atomic mass is 10.2. The predicted octanol–water partition coefficient (Wildman–Crippen LogP) is 3.22. The predicted molar refractivity (Wildman–Crippen MR) is 95.5 cm³/mol. The molecule has 0 saturated carbocycles. The summed E-state index contributed by atoms with van der Waals surface area (Å²) in [6.45, 7) is 0.995. The molecule has 0 radical (unpaired) electrons. The molecule has 0 unspecified atom stereocenters. The molecule has 1 amide bonds. The topological polar surface area (TPSA) is 45.0 Å². The quantitative estimate of drug-likeness (QED) is 0.686. The molecule has 1 aromatic heterocycles. The van der Waals surface area contributed by atoms with Gasteiger partial charge in [0.25, 0.3) is 5.91 Å². The Morgan fingerprint density at radius 3 is 2.17 bits per heavy atom.